The van der Waals surface area contributed by atoms with Crippen molar-refractivity contribution in [2.75, 3.05) is 20.3 Å². The van der Waals surface area contributed by atoms with Crippen LogP contribution < -0.4 is 10.1 Å². The van der Waals surface area contributed by atoms with Crippen molar-refractivity contribution in [1.82, 2.24) is 5.32 Å². The molecule has 1 N–H and O–H groups in total. The predicted molar refractivity (Wildman–Crippen MR) is 78.9 cm³/mol. The van der Waals surface area contributed by atoms with Gasteiger partial charge in [-0.05, 0) is 26.0 Å². The molecule has 0 aliphatic rings. The van der Waals surface area contributed by atoms with Gasteiger partial charge in [-0.2, -0.15) is 0 Å². The van der Waals surface area contributed by atoms with E-state index in [0.29, 0.717) is 13.2 Å². The zero-order valence-electron chi connectivity index (χ0n) is 11.5. The van der Waals surface area contributed by atoms with Crippen LogP contribution in [0.1, 0.15) is 12.5 Å². The molecule has 0 aliphatic carbocycles. The van der Waals surface area contributed by atoms with E-state index in [9.17, 15) is 4.79 Å². The summed E-state index contributed by atoms with van der Waals surface area (Å²) in [5, 5.41) is 3.21. The van der Waals surface area contributed by atoms with Gasteiger partial charge in [0.25, 0.3) is 0 Å². The topological polar surface area (TPSA) is 47.6 Å². The number of aryl methyl sites for hydroxylation is 1. The molecular formula is C14H20BrNO3. The highest BCUT2D eigenvalue weighted by Crippen LogP contribution is 2.11. The van der Waals surface area contributed by atoms with Gasteiger partial charge in [-0.3, -0.25) is 4.79 Å². The summed E-state index contributed by atoms with van der Waals surface area (Å²) in [5.41, 5.74) is 1.21. The van der Waals surface area contributed by atoms with Crippen molar-refractivity contribution in [3.05, 3.63) is 29.8 Å². The van der Waals surface area contributed by atoms with Crippen molar-refractivity contribution < 1.29 is 14.3 Å². The molecule has 0 aromatic heterocycles. The highest BCUT2D eigenvalue weighted by molar-refractivity contribution is 9.10. The van der Waals surface area contributed by atoms with E-state index in [-0.39, 0.29) is 16.8 Å². The Morgan fingerprint density at radius 1 is 1.37 bits per heavy atom. The Morgan fingerprint density at radius 3 is 2.58 bits per heavy atom. The second-order valence-corrected chi connectivity index (χ2v) is 5.53. The molecule has 1 aromatic rings. The van der Waals surface area contributed by atoms with E-state index in [1.807, 2.05) is 38.1 Å². The number of rotatable bonds is 7. The Labute approximate surface area is 122 Å². The van der Waals surface area contributed by atoms with Crippen LogP contribution >= 0.6 is 15.9 Å². The Morgan fingerprint density at radius 2 is 2.00 bits per heavy atom. The number of methoxy groups -OCH3 is 1. The number of carbonyl (C=O) groups is 1. The lowest BCUT2D eigenvalue weighted by molar-refractivity contribution is -0.139. The maximum absolute atomic E-state index is 11.2. The molecule has 106 valence electrons. The van der Waals surface area contributed by atoms with E-state index in [4.69, 9.17) is 4.74 Å². The molecule has 0 aliphatic heterocycles. The molecule has 5 heteroatoms. The summed E-state index contributed by atoms with van der Waals surface area (Å²) in [5.74, 6) is 0.571. The lowest BCUT2D eigenvalue weighted by atomic mass is 10.2. The average molecular weight is 330 g/mol. The summed E-state index contributed by atoms with van der Waals surface area (Å²) in [6, 6.07) is 8.07. The second kappa shape index (κ2) is 8.17. The molecule has 19 heavy (non-hydrogen) atoms. The fourth-order valence-corrected chi connectivity index (χ4v) is 1.80. The van der Waals surface area contributed by atoms with Gasteiger partial charge in [0.2, 0.25) is 0 Å². The molecule has 0 saturated heterocycles. The molecule has 4 nitrogen and oxygen atoms in total. The maximum Gasteiger partial charge on any atom is 0.320 e. The van der Waals surface area contributed by atoms with Crippen molar-refractivity contribution in [3.63, 3.8) is 0 Å². The molecule has 2 unspecified atom stereocenters. The fraction of sp³-hybridized carbons (Fsp3) is 0.500. The minimum Gasteiger partial charge on any atom is -0.492 e. The Balaban J connectivity index is 2.26. The second-order valence-electron chi connectivity index (χ2n) is 4.42. The SMILES string of the molecule is COC(=O)C(Br)CNC(C)COc1ccc(C)cc1. The van der Waals surface area contributed by atoms with Crippen LogP contribution in [0.3, 0.4) is 0 Å². The van der Waals surface area contributed by atoms with E-state index in [1.165, 1.54) is 12.7 Å². The Kier molecular flexibility index (Phi) is 6.87. The van der Waals surface area contributed by atoms with Crippen LogP contribution in [-0.2, 0) is 9.53 Å². The first-order chi connectivity index (χ1) is 9.02. The van der Waals surface area contributed by atoms with E-state index in [2.05, 4.69) is 26.0 Å². The molecular weight excluding hydrogens is 310 g/mol. The number of halogens is 1. The normalized spacial score (nSPS) is 13.7. The van der Waals surface area contributed by atoms with Crippen LogP contribution in [0.15, 0.2) is 24.3 Å². The number of hydrogen-bond donors (Lipinski definition) is 1. The van der Waals surface area contributed by atoms with Gasteiger partial charge in [-0.25, -0.2) is 0 Å². The molecule has 0 amide bonds. The van der Waals surface area contributed by atoms with Gasteiger partial charge in [0, 0.05) is 12.6 Å². The summed E-state index contributed by atoms with van der Waals surface area (Å²) >= 11 is 3.26. The molecule has 0 fully saturated rings. The van der Waals surface area contributed by atoms with Gasteiger partial charge in [0.05, 0.1) is 7.11 Å². The van der Waals surface area contributed by atoms with E-state index in [0.717, 1.165) is 5.75 Å². The maximum atomic E-state index is 11.2. The van der Waals surface area contributed by atoms with Crippen LogP contribution in [0.2, 0.25) is 0 Å². The third kappa shape index (κ3) is 6.07. The minimum atomic E-state index is -0.334. The van der Waals surface area contributed by atoms with Crippen LogP contribution in [0.5, 0.6) is 5.75 Å². The van der Waals surface area contributed by atoms with Crippen LogP contribution in [0.4, 0.5) is 0 Å². The summed E-state index contributed by atoms with van der Waals surface area (Å²) in [6.45, 7) is 5.09. The van der Waals surface area contributed by atoms with Gasteiger partial charge in [0.15, 0.2) is 0 Å². The number of esters is 1. The highest BCUT2D eigenvalue weighted by Gasteiger charge is 2.15. The molecule has 0 spiro atoms. The van der Waals surface area contributed by atoms with Crippen molar-refractivity contribution in [1.29, 1.82) is 0 Å². The molecule has 1 rings (SSSR count). The van der Waals surface area contributed by atoms with Gasteiger partial charge in [-0.15, -0.1) is 0 Å². The zero-order valence-corrected chi connectivity index (χ0v) is 13.1. The van der Waals surface area contributed by atoms with Crippen molar-refractivity contribution in [2.24, 2.45) is 0 Å². The van der Waals surface area contributed by atoms with Crippen LogP contribution in [0.25, 0.3) is 0 Å². The summed E-state index contributed by atoms with van der Waals surface area (Å²) in [6.07, 6.45) is 0. The third-order valence-corrected chi connectivity index (χ3v) is 3.32. The number of hydrogen-bond acceptors (Lipinski definition) is 4. The summed E-state index contributed by atoms with van der Waals surface area (Å²) in [7, 11) is 1.38. The van der Waals surface area contributed by atoms with Crippen molar-refractivity contribution in [3.8, 4) is 5.75 Å². The Hall–Kier alpha value is -1.07. The molecule has 2 atom stereocenters. The Bertz CT molecular complexity index is 394. The smallest absolute Gasteiger partial charge is 0.320 e. The van der Waals surface area contributed by atoms with Crippen LogP contribution in [0, 0.1) is 6.92 Å². The highest BCUT2D eigenvalue weighted by atomic mass is 79.9. The first kappa shape index (κ1) is 16.0. The molecule has 0 bridgehead atoms. The molecule has 0 saturated carbocycles. The number of benzene rings is 1. The fourth-order valence-electron chi connectivity index (χ4n) is 1.43. The van der Waals surface area contributed by atoms with Gasteiger partial charge < -0.3 is 14.8 Å². The van der Waals surface area contributed by atoms with Crippen molar-refractivity contribution in [2.45, 2.75) is 24.7 Å². The first-order valence-corrected chi connectivity index (χ1v) is 7.09. The first-order valence-electron chi connectivity index (χ1n) is 6.17. The quantitative estimate of drug-likeness (QED) is 0.616. The monoisotopic (exact) mass is 329 g/mol. The largest absolute Gasteiger partial charge is 0.492 e. The van der Waals surface area contributed by atoms with E-state index < -0.39 is 0 Å². The van der Waals surface area contributed by atoms with E-state index >= 15 is 0 Å². The number of ether oxygens (including phenoxy) is 2. The molecule has 0 heterocycles. The summed E-state index contributed by atoms with van der Waals surface area (Å²) in [4.78, 5) is 10.9. The van der Waals surface area contributed by atoms with Gasteiger partial charge in [-0.1, -0.05) is 33.6 Å². The number of alkyl halides is 1. The summed E-state index contributed by atoms with van der Waals surface area (Å²) < 4.78 is 10.3. The van der Waals surface area contributed by atoms with Crippen molar-refractivity contribution >= 4 is 21.9 Å². The predicted octanol–water partition coefficient (Wildman–Crippen LogP) is 2.29. The molecule has 0 radical (unpaired) electrons. The van der Waals surface area contributed by atoms with Gasteiger partial charge in [0.1, 0.15) is 17.2 Å². The lowest BCUT2D eigenvalue weighted by Gasteiger charge is -2.16. The van der Waals surface area contributed by atoms with Crippen LogP contribution in [-0.4, -0.2) is 37.1 Å². The minimum absolute atomic E-state index is 0.144. The number of carbonyl (C=O) groups excluding carboxylic acids is 1. The standard InChI is InChI=1S/C14H20BrNO3/c1-10-4-6-12(7-5-10)19-9-11(2)16-8-13(15)14(17)18-3/h4-7,11,13,16H,8-9H2,1-3H3. The van der Waals surface area contributed by atoms with Gasteiger partial charge >= 0.3 is 5.97 Å². The lowest BCUT2D eigenvalue weighted by Crippen LogP contribution is -2.38. The zero-order chi connectivity index (χ0) is 14.3. The van der Waals surface area contributed by atoms with E-state index in [1.54, 1.807) is 0 Å². The molecule has 1 aromatic carbocycles. The number of nitrogens with one attached hydrogen (secondary N) is 1. The third-order valence-electron chi connectivity index (χ3n) is 2.62. The average Bonchev–Trinajstić information content (AvgIpc) is 2.43.